The summed E-state index contributed by atoms with van der Waals surface area (Å²) in [7, 11) is 0. The van der Waals surface area contributed by atoms with Crippen LogP contribution in [-0.2, 0) is 24.2 Å². The van der Waals surface area contributed by atoms with Crippen LogP contribution in [0.3, 0.4) is 0 Å². The second kappa shape index (κ2) is 5.88. The standard InChI is InChI=1S/C19H17N5OS/c20-17(25)10-2-4-14-15(6-10)26-19-16(14)18(22-9-23-19)24-13-3-1-11-7-21-8-12(11)5-13/h1,3,5,8-10H,2,4,6-7H2,(H2,20,25)(H,22,23,24). The van der Waals surface area contributed by atoms with E-state index in [1.54, 1.807) is 17.7 Å². The Morgan fingerprint density at radius 3 is 3.12 bits per heavy atom. The van der Waals surface area contributed by atoms with Gasteiger partial charge in [-0.1, -0.05) is 6.07 Å². The number of nitrogens with one attached hydrogen (secondary N) is 1. The molecule has 1 aliphatic heterocycles. The van der Waals surface area contributed by atoms with E-state index in [2.05, 4.69) is 38.5 Å². The van der Waals surface area contributed by atoms with Crippen molar-refractivity contribution in [3.05, 3.63) is 46.1 Å². The number of nitrogens with zero attached hydrogens (tertiary/aromatic N) is 3. The number of aliphatic imine (C=N–C) groups is 1. The minimum atomic E-state index is -0.211. The topological polar surface area (TPSA) is 93.3 Å². The Morgan fingerprint density at radius 2 is 2.23 bits per heavy atom. The van der Waals surface area contributed by atoms with Crippen LogP contribution in [0.1, 0.15) is 28.0 Å². The first-order chi connectivity index (χ1) is 12.7. The molecule has 26 heavy (non-hydrogen) atoms. The summed E-state index contributed by atoms with van der Waals surface area (Å²) in [6.45, 7) is 0.756. The number of primary amides is 1. The van der Waals surface area contributed by atoms with Crippen molar-refractivity contribution < 1.29 is 4.79 Å². The van der Waals surface area contributed by atoms with Crippen LogP contribution in [0.4, 0.5) is 11.5 Å². The summed E-state index contributed by atoms with van der Waals surface area (Å²) in [5.74, 6) is 0.535. The fourth-order valence-corrected chi connectivity index (χ4v) is 5.03. The summed E-state index contributed by atoms with van der Waals surface area (Å²) in [5.41, 5.74) is 10.2. The molecule has 2 aliphatic rings. The number of thiophene rings is 1. The first-order valence-electron chi connectivity index (χ1n) is 8.63. The number of aryl methyl sites for hydroxylation is 1. The predicted octanol–water partition coefficient (Wildman–Crippen LogP) is 2.96. The number of anilines is 2. The van der Waals surface area contributed by atoms with Crippen molar-refractivity contribution in [1.29, 1.82) is 0 Å². The average molecular weight is 363 g/mol. The fourth-order valence-electron chi connectivity index (χ4n) is 3.76. The minimum Gasteiger partial charge on any atom is -0.369 e. The van der Waals surface area contributed by atoms with Gasteiger partial charge in [-0.2, -0.15) is 0 Å². The van der Waals surface area contributed by atoms with Crippen molar-refractivity contribution in [3.8, 4) is 0 Å². The maximum atomic E-state index is 11.6. The molecular weight excluding hydrogens is 346 g/mol. The lowest BCUT2D eigenvalue weighted by Crippen LogP contribution is -2.27. The summed E-state index contributed by atoms with van der Waals surface area (Å²) >= 11 is 1.65. The molecule has 0 fully saturated rings. The molecule has 1 aromatic carbocycles. The van der Waals surface area contributed by atoms with Crippen LogP contribution in [0.15, 0.2) is 29.5 Å². The zero-order valence-corrected chi connectivity index (χ0v) is 14.8. The average Bonchev–Trinajstić information content (AvgIpc) is 3.25. The van der Waals surface area contributed by atoms with Gasteiger partial charge in [-0.3, -0.25) is 9.79 Å². The van der Waals surface area contributed by atoms with Crippen molar-refractivity contribution in [2.24, 2.45) is 16.6 Å². The lowest BCUT2D eigenvalue weighted by molar-refractivity contribution is -0.122. The van der Waals surface area contributed by atoms with E-state index in [1.807, 2.05) is 6.21 Å². The number of carbonyl (C=O) groups is 1. The minimum absolute atomic E-state index is 0.0732. The molecule has 0 saturated heterocycles. The van der Waals surface area contributed by atoms with E-state index in [0.29, 0.717) is 6.42 Å². The predicted molar refractivity (Wildman–Crippen MR) is 103 cm³/mol. The van der Waals surface area contributed by atoms with E-state index in [1.165, 1.54) is 16.0 Å². The number of hydrogen-bond donors (Lipinski definition) is 2. The Bertz CT molecular complexity index is 1070. The van der Waals surface area contributed by atoms with E-state index in [0.717, 1.165) is 46.7 Å². The Labute approximate surface area is 154 Å². The molecule has 3 heterocycles. The number of hydrogen-bond acceptors (Lipinski definition) is 6. The van der Waals surface area contributed by atoms with Crippen molar-refractivity contribution in [1.82, 2.24) is 9.97 Å². The third-order valence-electron chi connectivity index (χ3n) is 5.15. The molecule has 3 N–H and O–H groups in total. The van der Waals surface area contributed by atoms with Gasteiger partial charge in [0, 0.05) is 22.7 Å². The van der Waals surface area contributed by atoms with Crippen LogP contribution in [0, 0.1) is 5.92 Å². The number of benzene rings is 1. The molecule has 1 atom stereocenters. The van der Waals surface area contributed by atoms with E-state index in [4.69, 9.17) is 5.73 Å². The highest BCUT2D eigenvalue weighted by molar-refractivity contribution is 7.19. The molecule has 0 spiro atoms. The van der Waals surface area contributed by atoms with E-state index < -0.39 is 0 Å². The number of rotatable bonds is 3. The van der Waals surface area contributed by atoms with Gasteiger partial charge in [-0.25, -0.2) is 9.97 Å². The van der Waals surface area contributed by atoms with Crippen LogP contribution in [0.2, 0.25) is 0 Å². The lowest BCUT2D eigenvalue weighted by Gasteiger charge is -2.19. The van der Waals surface area contributed by atoms with Crippen LogP contribution >= 0.6 is 11.3 Å². The molecule has 5 rings (SSSR count). The van der Waals surface area contributed by atoms with Crippen LogP contribution in [-0.4, -0.2) is 22.1 Å². The molecule has 1 unspecified atom stereocenters. The summed E-state index contributed by atoms with van der Waals surface area (Å²) < 4.78 is 0. The second-order valence-electron chi connectivity index (χ2n) is 6.76. The number of nitrogens with two attached hydrogens (primary N) is 1. The van der Waals surface area contributed by atoms with Gasteiger partial charge in [0.15, 0.2) is 0 Å². The van der Waals surface area contributed by atoms with Gasteiger partial charge < -0.3 is 11.1 Å². The molecule has 6 nitrogen and oxygen atoms in total. The van der Waals surface area contributed by atoms with Crippen LogP contribution in [0.25, 0.3) is 10.2 Å². The molecule has 1 amide bonds. The van der Waals surface area contributed by atoms with Crippen molar-refractivity contribution >= 4 is 45.2 Å². The molecule has 7 heteroatoms. The largest absolute Gasteiger partial charge is 0.369 e. The van der Waals surface area contributed by atoms with E-state index in [9.17, 15) is 4.79 Å². The highest BCUT2D eigenvalue weighted by Crippen LogP contribution is 2.40. The smallest absolute Gasteiger partial charge is 0.220 e. The van der Waals surface area contributed by atoms with Crippen molar-refractivity contribution in [2.75, 3.05) is 5.32 Å². The Balaban J connectivity index is 1.55. The molecule has 3 aromatic rings. The number of fused-ring (bicyclic) bond motifs is 4. The third-order valence-corrected chi connectivity index (χ3v) is 6.31. The highest BCUT2D eigenvalue weighted by Gasteiger charge is 2.27. The van der Waals surface area contributed by atoms with E-state index in [-0.39, 0.29) is 11.8 Å². The van der Waals surface area contributed by atoms with Gasteiger partial charge in [-0.15, -0.1) is 11.3 Å². The number of aromatic nitrogens is 2. The van der Waals surface area contributed by atoms with Gasteiger partial charge >= 0.3 is 0 Å². The molecule has 130 valence electrons. The van der Waals surface area contributed by atoms with Crippen LogP contribution in [0.5, 0.6) is 0 Å². The first-order valence-corrected chi connectivity index (χ1v) is 9.45. The molecule has 2 aromatic heterocycles. The number of carbonyl (C=O) groups excluding carboxylic acids is 1. The molecular formula is C19H17N5OS. The maximum Gasteiger partial charge on any atom is 0.220 e. The van der Waals surface area contributed by atoms with Gasteiger partial charge in [0.2, 0.25) is 5.91 Å². The van der Waals surface area contributed by atoms with Gasteiger partial charge in [-0.05, 0) is 48.1 Å². The van der Waals surface area contributed by atoms with Gasteiger partial charge in [0.05, 0.1) is 11.9 Å². The summed E-state index contributed by atoms with van der Waals surface area (Å²) in [6, 6.07) is 6.26. The second-order valence-corrected chi connectivity index (χ2v) is 7.84. The fraction of sp³-hybridized carbons (Fsp3) is 0.263. The van der Waals surface area contributed by atoms with Crippen molar-refractivity contribution in [2.45, 2.75) is 25.8 Å². The molecule has 1 aliphatic carbocycles. The van der Waals surface area contributed by atoms with Crippen LogP contribution < -0.4 is 11.1 Å². The summed E-state index contributed by atoms with van der Waals surface area (Å²) in [4.78, 5) is 27.0. The normalized spacial score (nSPS) is 17.9. The molecule has 0 bridgehead atoms. The van der Waals surface area contributed by atoms with Gasteiger partial charge in [0.25, 0.3) is 0 Å². The monoisotopic (exact) mass is 363 g/mol. The van der Waals surface area contributed by atoms with Crippen molar-refractivity contribution in [3.63, 3.8) is 0 Å². The lowest BCUT2D eigenvalue weighted by atomic mass is 9.87. The Hall–Kier alpha value is -2.80. The SMILES string of the molecule is NC(=O)C1CCc2c(sc3ncnc(Nc4ccc5c(c4)C=NC5)c23)C1. The maximum absolute atomic E-state index is 11.6. The highest BCUT2D eigenvalue weighted by atomic mass is 32.1. The third kappa shape index (κ3) is 2.47. The summed E-state index contributed by atoms with van der Waals surface area (Å²) in [5, 5.41) is 4.52. The van der Waals surface area contributed by atoms with E-state index >= 15 is 0 Å². The first kappa shape index (κ1) is 15.5. The Morgan fingerprint density at radius 1 is 1.31 bits per heavy atom. The zero-order chi connectivity index (χ0) is 17.7. The quantitative estimate of drug-likeness (QED) is 0.748. The van der Waals surface area contributed by atoms with Gasteiger partial charge in [0.1, 0.15) is 17.0 Å². The zero-order valence-electron chi connectivity index (χ0n) is 14.0. The number of amides is 1. The molecule has 0 radical (unpaired) electrons. The Kier molecular flexibility index (Phi) is 3.49. The summed E-state index contributed by atoms with van der Waals surface area (Å²) in [6.07, 6.45) is 5.83. The molecule has 0 saturated carbocycles.